The number of halogens is 2. The topological polar surface area (TPSA) is 61.4 Å². The number of hydrogen-bond acceptors (Lipinski definition) is 3. The average molecular weight is 359 g/mol. The average Bonchev–Trinajstić information content (AvgIpc) is 3.15. The lowest BCUT2D eigenvalue weighted by Crippen LogP contribution is -2.45. The number of amides is 1. The lowest BCUT2D eigenvalue weighted by molar-refractivity contribution is -0.126. The van der Waals surface area contributed by atoms with Gasteiger partial charge in [0.15, 0.2) is 0 Å². The first-order valence-electron chi connectivity index (χ1n) is 8.05. The van der Waals surface area contributed by atoms with E-state index in [-0.39, 0.29) is 30.3 Å². The highest BCUT2D eigenvalue weighted by molar-refractivity contribution is 6.30. The van der Waals surface area contributed by atoms with Gasteiger partial charge in [-0.3, -0.25) is 4.79 Å². The Kier molecular flexibility index (Phi) is 6.32. The molecule has 23 heavy (non-hydrogen) atoms. The van der Waals surface area contributed by atoms with E-state index in [0.29, 0.717) is 18.1 Å². The van der Waals surface area contributed by atoms with Crippen LogP contribution in [0.3, 0.4) is 0 Å². The van der Waals surface area contributed by atoms with E-state index in [9.17, 15) is 9.90 Å². The fourth-order valence-corrected chi connectivity index (χ4v) is 3.84. The van der Waals surface area contributed by atoms with Gasteiger partial charge in [-0.15, -0.1) is 12.4 Å². The molecule has 0 aromatic heterocycles. The van der Waals surface area contributed by atoms with Gasteiger partial charge in [0.1, 0.15) is 0 Å². The van der Waals surface area contributed by atoms with Crippen molar-refractivity contribution in [2.45, 2.75) is 37.2 Å². The molecular weight excluding hydrogens is 335 g/mol. The van der Waals surface area contributed by atoms with Crippen molar-refractivity contribution in [2.75, 3.05) is 19.6 Å². The smallest absolute Gasteiger partial charge is 0.230 e. The molecule has 1 aliphatic carbocycles. The number of hydrogen-bond donors (Lipinski definition) is 3. The van der Waals surface area contributed by atoms with Crippen molar-refractivity contribution in [2.24, 2.45) is 5.92 Å². The summed E-state index contributed by atoms with van der Waals surface area (Å²) in [4.78, 5) is 12.9. The predicted molar refractivity (Wildman–Crippen MR) is 94.2 cm³/mol. The Bertz CT molecular complexity index is 530. The van der Waals surface area contributed by atoms with Crippen LogP contribution in [0.5, 0.6) is 0 Å². The van der Waals surface area contributed by atoms with Gasteiger partial charge in [0.05, 0.1) is 11.5 Å². The van der Waals surface area contributed by atoms with Gasteiger partial charge in [0.2, 0.25) is 5.91 Å². The number of aliphatic hydroxyl groups is 1. The Hall–Kier alpha value is -0.810. The molecule has 1 saturated carbocycles. The maximum atomic E-state index is 12.9. The standard InChI is InChI=1S/C17H23ClN2O2.ClH/c18-14-5-3-13(4-6-14)17(7-1-2-8-17)16(22)20-10-12-9-19-11-15(12)21;/h3-6,12,15,19,21H,1-2,7-11H2,(H,20,22);1H. The Morgan fingerprint density at radius 1 is 1.26 bits per heavy atom. The largest absolute Gasteiger partial charge is 0.391 e. The Morgan fingerprint density at radius 3 is 2.48 bits per heavy atom. The van der Waals surface area contributed by atoms with Crippen LogP contribution < -0.4 is 10.6 Å². The number of β-amino-alcohol motifs (C(OH)–C–C–N with tert-alkyl or cyclic N) is 1. The van der Waals surface area contributed by atoms with Gasteiger partial charge < -0.3 is 15.7 Å². The fourth-order valence-electron chi connectivity index (χ4n) is 3.71. The summed E-state index contributed by atoms with van der Waals surface area (Å²) in [7, 11) is 0. The number of carbonyl (C=O) groups excluding carboxylic acids is 1. The van der Waals surface area contributed by atoms with E-state index in [4.69, 9.17) is 11.6 Å². The van der Waals surface area contributed by atoms with Gasteiger partial charge in [-0.25, -0.2) is 0 Å². The molecule has 1 saturated heterocycles. The molecule has 0 bridgehead atoms. The van der Waals surface area contributed by atoms with Crippen molar-refractivity contribution >= 4 is 29.9 Å². The van der Waals surface area contributed by atoms with Gasteiger partial charge in [0, 0.05) is 30.6 Å². The van der Waals surface area contributed by atoms with Crippen LogP contribution in [0.15, 0.2) is 24.3 Å². The zero-order valence-corrected chi connectivity index (χ0v) is 14.6. The Labute approximate surface area is 148 Å². The van der Waals surface area contributed by atoms with Crippen LogP contribution in [0, 0.1) is 5.92 Å². The molecule has 1 aliphatic heterocycles. The van der Waals surface area contributed by atoms with Crippen molar-refractivity contribution in [1.29, 1.82) is 0 Å². The Morgan fingerprint density at radius 2 is 1.91 bits per heavy atom. The second-order valence-electron chi connectivity index (χ2n) is 6.49. The first-order chi connectivity index (χ1) is 10.6. The van der Waals surface area contributed by atoms with Crippen molar-refractivity contribution in [3.05, 3.63) is 34.9 Å². The number of benzene rings is 1. The van der Waals surface area contributed by atoms with E-state index in [1.165, 1.54) is 0 Å². The SMILES string of the molecule is Cl.O=C(NCC1CNCC1O)C1(c2ccc(Cl)cc2)CCCC1. The first kappa shape index (κ1) is 18.5. The number of nitrogens with one attached hydrogen (secondary N) is 2. The Balaban J connectivity index is 0.00000192. The molecule has 3 N–H and O–H groups in total. The van der Waals surface area contributed by atoms with E-state index >= 15 is 0 Å². The predicted octanol–water partition coefficient (Wildman–Crippen LogP) is 2.27. The molecule has 6 heteroatoms. The lowest BCUT2D eigenvalue weighted by Gasteiger charge is -2.29. The quantitative estimate of drug-likeness (QED) is 0.773. The summed E-state index contributed by atoms with van der Waals surface area (Å²) in [6, 6.07) is 7.65. The van der Waals surface area contributed by atoms with Crippen molar-refractivity contribution in [1.82, 2.24) is 10.6 Å². The summed E-state index contributed by atoms with van der Waals surface area (Å²) in [5.74, 6) is 0.194. The van der Waals surface area contributed by atoms with E-state index in [0.717, 1.165) is 37.8 Å². The number of carbonyl (C=O) groups is 1. The maximum Gasteiger partial charge on any atom is 0.230 e. The summed E-state index contributed by atoms with van der Waals surface area (Å²) in [5, 5.41) is 16.8. The van der Waals surface area contributed by atoms with Crippen molar-refractivity contribution in [3.8, 4) is 0 Å². The van der Waals surface area contributed by atoms with Crippen LogP contribution in [0.2, 0.25) is 5.02 Å². The van der Waals surface area contributed by atoms with Crippen LogP contribution in [0.25, 0.3) is 0 Å². The summed E-state index contributed by atoms with van der Waals surface area (Å²) >= 11 is 5.97. The highest BCUT2D eigenvalue weighted by Gasteiger charge is 2.42. The molecule has 2 atom stereocenters. The third-order valence-corrected chi connectivity index (χ3v) is 5.37. The van der Waals surface area contributed by atoms with Crippen molar-refractivity contribution < 1.29 is 9.90 Å². The second-order valence-corrected chi connectivity index (χ2v) is 6.93. The molecule has 2 fully saturated rings. The molecule has 4 nitrogen and oxygen atoms in total. The summed E-state index contributed by atoms with van der Waals surface area (Å²) in [6.45, 7) is 1.90. The van der Waals surface area contributed by atoms with Crippen LogP contribution in [0.4, 0.5) is 0 Å². The molecule has 1 amide bonds. The number of aliphatic hydroxyl groups excluding tert-OH is 1. The van der Waals surface area contributed by atoms with Crippen molar-refractivity contribution in [3.63, 3.8) is 0 Å². The third-order valence-electron chi connectivity index (χ3n) is 5.12. The van der Waals surface area contributed by atoms with Gasteiger partial charge >= 0.3 is 0 Å². The molecule has 128 valence electrons. The zero-order valence-electron chi connectivity index (χ0n) is 13.1. The maximum absolute atomic E-state index is 12.9. The van der Waals surface area contributed by atoms with E-state index < -0.39 is 5.41 Å². The minimum Gasteiger partial charge on any atom is -0.391 e. The summed E-state index contributed by atoms with van der Waals surface area (Å²) in [5.41, 5.74) is 0.624. The minimum absolute atomic E-state index is 0. The normalized spacial score (nSPS) is 25.8. The van der Waals surface area contributed by atoms with Gasteiger partial charge in [-0.1, -0.05) is 36.6 Å². The first-order valence-corrected chi connectivity index (χ1v) is 8.43. The van der Waals surface area contributed by atoms with Crippen LogP contribution in [-0.4, -0.2) is 36.8 Å². The number of rotatable bonds is 4. The summed E-state index contributed by atoms with van der Waals surface area (Å²) in [6.07, 6.45) is 3.54. The molecule has 2 aliphatic rings. The molecule has 1 heterocycles. The highest BCUT2D eigenvalue weighted by Crippen LogP contribution is 2.41. The molecule has 1 aromatic rings. The highest BCUT2D eigenvalue weighted by atomic mass is 35.5. The van der Waals surface area contributed by atoms with Gasteiger partial charge in [-0.2, -0.15) is 0 Å². The molecule has 0 radical (unpaired) electrons. The van der Waals surface area contributed by atoms with Crippen LogP contribution in [0.1, 0.15) is 31.2 Å². The van der Waals surface area contributed by atoms with Gasteiger partial charge in [0.25, 0.3) is 0 Å². The zero-order chi connectivity index (χ0) is 15.6. The monoisotopic (exact) mass is 358 g/mol. The van der Waals surface area contributed by atoms with E-state index in [1.807, 2.05) is 24.3 Å². The molecule has 0 spiro atoms. The fraction of sp³-hybridized carbons (Fsp3) is 0.588. The lowest BCUT2D eigenvalue weighted by atomic mass is 9.78. The minimum atomic E-state index is -0.429. The van der Waals surface area contributed by atoms with Gasteiger partial charge in [-0.05, 0) is 30.5 Å². The second kappa shape index (κ2) is 7.84. The van der Waals surface area contributed by atoms with E-state index in [2.05, 4.69) is 10.6 Å². The van der Waals surface area contributed by atoms with E-state index in [1.54, 1.807) is 0 Å². The summed E-state index contributed by atoms with van der Waals surface area (Å²) < 4.78 is 0. The third kappa shape index (κ3) is 3.82. The molecule has 1 aromatic carbocycles. The molecule has 2 unspecified atom stereocenters. The van der Waals surface area contributed by atoms with Crippen LogP contribution >= 0.6 is 24.0 Å². The van der Waals surface area contributed by atoms with Crippen LogP contribution in [-0.2, 0) is 10.2 Å². The molecular formula is C17H24Cl2N2O2. The molecule has 3 rings (SSSR count).